The second-order valence-electron chi connectivity index (χ2n) is 5.14. The van der Waals surface area contributed by atoms with Gasteiger partial charge >= 0.3 is 0 Å². The standard InChI is InChI=1S/C14H19BrClN/c1-9(2)17-8-10-6-7-11(10)14-12(15)4-3-5-13(14)16/h3-5,9-11,17H,6-8H2,1-2H3. The molecule has 94 valence electrons. The van der Waals surface area contributed by atoms with E-state index >= 15 is 0 Å². The maximum Gasteiger partial charge on any atom is 0.0452 e. The van der Waals surface area contributed by atoms with Crippen molar-refractivity contribution in [2.75, 3.05) is 6.54 Å². The highest BCUT2D eigenvalue weighted by Crippen LogP contribution is 2.47. The molecule has 1 aromatic carbocycles. The van der Waals surface area contributed by atoms with Gasteiger partial charge < -0.3 is 5.32 Å². The van der Waals surface area contributed by atoms with Crippen molar-refractivity contribution in [2.24, 2.45) is 5.92 Å². The zero-order valence-corrected chi connectivity index (χ0v) is 12.7. The Hall–Kier alpha value is -0.0500. The summed E-state index contributed by atoms with van der Waals surface area (Å²) < 4.78 is 1.16. The first kappa shape index (κ1) is 13.4. The van der Waals surface area contributed by atoms with Crippen LogP contribution in [0.5, 0.6) is 0 Å². The van der Waals surface area contributed by atoms with Crippen LogP contribution >= 0.6 is 27.5 Å². The van der Waals surface area contributed by atoms with Gasteiger partial charge in [0.15, 0.2) is 0 Å². The summed E-state index contributed by atoms with van der Waals surface area (Å²) in [7, 11) is 0. The van der Waals surface area contributed by atoms with E-state index in [-0.39, 0.29) is 0 Å². The molecular formula is C14H19BrClN. The minimum atomic E-state index is 0.561. The molecule has 0 amide bonds. The predicted octanol–water partition coefficient (Wildman–Crippen LogP) is 4.59. The van der Waals surface area contributed by atoms with E-state index < -0.39 is 0 Å². The van der Waals surface area contributed by atoms with Crippen molar-refractivity contribution in [1.29, 1.82) is 0 Å². The predicted molar refractivity (Wildman–Crippen MR) is 77.8 cm³/mol. The quantitative estimate of drug-likeness (QED) is 0.856. The second-order valence-corrected chi connectivity index (χ2v) is 6.40. The van der Waals surface area contributed by atoms with Crippen LogP contribution in [-0.4, -0.2) is 12.6 Å². The number of halogens is 2. The van der Waals surface area contributed by atoms with E-state index in [1.807, 2.05) is 12.1 Å². The van der Waals surface area contributed by atoms with Crippen LogP contribution in [-0.2, 0) is 0 Å². The fourth-order valence-electron chi connectivity index (χ4n) is 2.45. The highest BCUT2D eigenvalue weighted by Gasteiger charge is 2.34. The molecule has 0 aromatic heterocycles. The average molecular weight is 317 g/mol. The molecular weight excluding hydrogens is 298 g/mol. The molecule has 1 saturated carbocycles. The number of hydrogen-bond donors (Lipinski definition) is 1. The Bertz CT molecular complexity index is 372. The number of nitrogens with one attached hydrogen (secondary N) is 1. The fraction of sp³-hybridized carbons (Fsp3) is 0.571. The number of benzene rings is 1. The van der Waals surface area contributed by atoms with Gasteiger partial charge in [0, 0.05) is 15.5 Å². The van der Waals surface area contributed by atoms with Crippen LogP contribution < -0.4 is 5.32 Å². The summed E-state index contributed by atoms with van der Waals surface area (Å²) in [6.07, 6.45) is 2.56. The zero-order chi connectivity index (χ0) is 12.4. The summed E-state index contributed by atoms with van der Waals surface area (Å²) >= 11 is 9.94. The Morgan fingerprint density at radius 2 is 2.18 bits per heavy atom. The monoisotopic (exact) mass is 315 g/mol. The molecule has 0 aliphatic heterocycles. The third-order valence-electron chi connectivity index (χ3n) is 3.58. The summed E-state index contributed by atoms with van der Waals surface area (Å²) in [5.41, 5.74) is 1.30. The lowest BCUT2D eigenvalue weighted by molar-refractivity contribution is 0.240. The molecule has 1 fully saturated rings. The van der Waals surface area contributed by atoms with Gasteiger partial charge in [0.25, 0.3) is 0 Å². The normalized spacial score (nSPS) is 23.8. The molecule has 2 atom stereocenters. The van der Waals surface area contributed by atoms with Crippen molar-refractivity contribution < 1.29 is 0 Å². The Labute approximate surface area is 117 Å². The van der Waals surface area contributed by atoms with E-state index in [1.54, 1.807) is 0 Å². The van der Waals surface area contributed by atoms with Gasteiger partial charge in [-0.2, -0.15) is 0 Å². The molecule has 2 rings (SSSR count). The molecule has 0 radical (unpaired) electrons. The first-order valence-corrected chi connectivity index (χ1v) is 7.44. The Morgan fingerprint density at radius 3 is 2.71 bits per heavy atom. The minimum absolute atomic E-state index is 0.561. The molecule has 0 bridgehead atoms. The van der Waals surface area contributed by atoms with Crippen LogP contribution in [0.25, 0.3) is 0 Å². The zero-order valence-electron chi connectivity index (χ0n) is 10.3. The van der Waals surface area contributed by atoms with E-state index in [0.29, 0.717) is 12.0 Å². The summed E-state index contributed by atoms with van der Waals surface area (Å²) in [6.45, 7) is 5.48. The molecule has 0 heterocycles. The third-order valence-corrected chi connectivity index (χ3v) is 4.60. The molecule has 0 saturated heterocycles. The van der Waals surface area contributed by atoms with Gasteiger partial charge in [-0.1, -0.05) is 47.4 Å². The summed E-state index contributed by atoms with van der Waals surface area (Å²) in [5.74, 6) is 1.35. The van der Waals surface area contributed by atoms with Crippen molar-refractivity contribution >= 4 is 27.5 Å². The summed E-state index contributed by atoms with van der Waals surface area (Å²) in [4.78, 5) is 0. The van der Waals surface area contributed by atoms with Crippen molar-refractivity contribution in [1.82, 2.24) is 5.32 Å². The number of rotatable bonds is 4. The maximum atomic E-state index is 6.31. The number of hydrogen-bond acceptors (Lipinski definition) is 1. The van der Waals surface area contributed by atoms with Gasteiger partial charge in [0.1, 0.15) is 0 Å². The van der Waals surface area contributed by atoms with Crippen LogP contribution in [0.15, 0.2) is 22.7 Å². The molecule has 1 aliphatic carbocycles. The van der Waals surface area contributed by atoms with Crippen LogP contribution in [0.4, 0.5) is 0 Å². The minimum Gasteiger partial charge on any atom is -0.314 e. The highest BCUT2D eigenvalue weighted by molar-refractivity contribution is 9.10. The summed E-state index contributed by atoms with van der Waals surface area (Å²) in [5, 5.41) is 4.43. The van der Waals surface area contributed by atoms with Crippen molar-refractivity contribution in [3.63, 3.8) is 0 Å². The second kappa shape index (κ2) is 5.73. The van der Waals surface area contributed by atoms with E-state index in [2.05, 4.69) is 41.2 Å². The molecule has 1 nitrogen and oxygen atoms in total. The van der Waals surface area contributed by atoms with Crippen LogP contribution in [0.1, 0.15) is 38.2 Å². The lowest BCUT2D eigenvalue weighted by Gasteiger charge is -2.38. The first-order valence-electron chi connectivity index (χ1n) is 6.27. The third kappa shape index (κ3) is 3.04. The Balaban J connectivity index is 2.07. The van der Waals surface area contributed by atoms with Gasteiger partial charge in [-0.15, -0.1) is 0 Å². The van der Waals surface area contributed by atoms with E-state index in [4.69, 9.17) is 11.6 Å². The van der Waals surface area contributed by atoms with Crippen LogP contribution in [0, 0.1) is 5.92 Å². The van der Waals surface area contributed by atoms with Crippen molar-refractivity contribution in [2.45, 2.75) is 38.6 Å². The fourth-order valence-corrected chi connectivity index (χ4v) is 3.53. The first-order chi connectivity index (χ1) is 8.09. The molecule has 3 heteroatoms. The van der Waals surface area contributed by atoms with Crippen LogP contribution in [0.2, 0.25) is 5.02 Å². The van der Waals surface area contributed by atoms with Gasteiger partial charge in [-0.3, -0.25) is 0 Å². The average Bonchev–Trinajstić information content (AvgIpc) is 2.21. The van der Waals surface area contributed by atoms with Crippen molar-refractivity contribution in [3.8, 4) is 0 Å². The lowest BCUT2D eigenvalue weighted by atomic mass is 9.70. The van der Waals surface area contributed by atoms with Crippen molar-refractivity contribution in [3.05, 3.63) is 33.3 Å². The molecule has 1 aliphatic rings. The van der Waals surface area contributed by atoms with Crippen LogP contribution in [0.3, 0.4) is 0 Å². The van der Waals surface area contributed by atoms with E-state index in [1.165, 1.54) is 18.4 Å². The van der Waals surface area contributed by atoms with Gasteiger partial charge in [0.2, 0.25) is 0 Å². The smallest absolute Gasteiger partial charge is 0.0452 e. The molecule has 0 spiro atoms. The molecule has 1 aromatic rings. The topological polar surface area (TPSA) is 12.0 Å². The maximum absolute atomic E-state index is 6.31. The molecule has 17 heavy (non-hydrogen) atoms. The van der Waals surface area contributed by atoms with Gasteiger partial charge in [0.05, 0.1) is 0 Å². The largest absolute Gasteiger partial charge is 0.314 e. The van der Waals surface area contributed by atoms with Gasteiger partial charge in [-0.05, 0) is 48.9 Å². The Morgan fingerprint density at radius 1 is 1.41 bits per heavy atom. The lowest BCUT2D eigenvalue weighted by Crippen LogP contribution is -2.37. The Kier molecular flexibility index (Phi) is 4.51. The van der Waals surface area contributed by atoms with E-state index in [9.17, 15) is 0 Å². The molecule has 1 N–H and O–H groups in total. The summed E-state index contributed by atoms with van der Waals surface area (Å²) in [6, 6.07) is 6.64. The highest BCUT2D eigenvalue weighted by atomic mass is 79.9. The molecule has 2 unspecified atom stereocenters. The van der Waals surface area contributed by atoms with E-state index in [0.717, 1.165) is 22.0 Å². The van der Waals surface area contributed by atoms with Gasteiger partial charge in [-0.25, -0.2) is 0 Å². The SMILES string of the molecule is CC(C)NCC1CCC1c1c(Cl)cccc1Br.